The summed E-state index contributed by atoms with van der Waals surface area (Å²) < 4.78 is 18.2. The molecule has 2 aromatic rings. The number of benzene rings is 2. The number of ether oxygens (including phenoxy) is 1. The van der Waals surface area contributed by atoms with Gasteiger partial charge in [-0.15, -0.1) is 0 Å². The molecule has 2 amide bonds. The maximum absolute atomic E-state index is 13.2. The van der Waals surface area contributed by atoms with Gasteiger partial charge in [0.25, 0.3) is 0 Å². The van der Waals surface area contributed by atoms with Gasteiger partial charge in [0.1, 0.15) is 11.9 Å². The van der Waals surface area contributed by atoms with Crippen LogP contribution in [0.3, 0.4) is 0 Å². The molecule has 0 aliphatic carbocycles. The van der Waals surface area contributed by atoms with E-state index in [0.29, 0.717) is 6.54 Å². The average molecular weight is 372 g/mol. The topological polar surface area (TPSA) is 67.4 Å². The highest BCUT2D eigenvalue weighted by molar-refractivity contribution is 5.86. The van der Waals surface area contributed by atoms with Crippen LogP contribution < -0.4 is 10.6 Å². The fourth-order valence-corrected chi connectivity index (χ4v) is 2.71. The van der Waals surface area contributed by atoms with Crippen molar-refractivity contribution < 1.29 is 18.7 Å². The SMILES string of the molecule is COC[C@@H](NC(C)=O)C(=O)NCc1ccc(CCc2cccc(F)c2)cc1. The van der Waals surface area contributed by atoms with Crippen molar-refractivity contribution >= 4 is 11.8 Å². The van der Waals surface area contributed by atoms with Gasteiger partial charge in [-0.05, 0) is 41.7 Å². The van der Waals surface area contributed by atoms with Crippen molar-refractivity contribution in [2.45, 2.75) is 32.4 Å². The summed E-state index contributed by atoms with van der Waals surface area (Å²) in [5.41, 5.74) is 3.06. The van der Waals surface area contributed by atoms with E-state index in [-0.39, 0.29) is 24.2 Å². The summed E-state index contributed by atoms with van der Waals surface area (Å²) >= 11 is 0. The molecular weight excluding hydrogens is 347 g/mol. The van der Waals surface area contributed by atoms with Crippen molar-refractivity contribution in [3.63, 3.8) is 0 Å². The first-order valence-electron chi connectivity index (χ1n) is 8.84. The molecule has 0 bridgehead atoms. The molecule has 27 heavy (non-hydrogen) atoms. The number of carbonyl (C=O) groups excluding carboxylic acids is 2. The van der Waals surface area contributed by atoms with E-state index in [9.17, 15) is 14.0 Å². The second-order valence-electron chi connectivity index (χ2n) is 6.37. The third-order valence-corrected chi connectivity index (χ3v) is 4.11. The fraction of sp³-hybridized carbons (Fsp3) is 0.333. The minimum absolute atomic E-state index is 0.116. The summed E-state index contributed by atoms with van der Waals surface area (Å²) in [6, 6.07) is 13.8. The van der Waals surface area contributed by atoms with Gasteiger partial charge in [-0.3, -0.25) is 9.59 Å². The molecule has 0 aromatic heterocycles. The quantitative estimate of drug-likeness (QED) is 0.710. The molecule has 0 aliphatic heterocycles. The number of aryl methyl sites for hydroxylation is 2. The Kier molecular flexibility index (Phi) is 7.95. The Morgan fingerprint density at radius 2 is 1.70 bits per heavy atom. The Morgan fingerprint density at radius 3 is 2.33 bits per heavy atom. The van der Waals surface area contributed by atoms with Gasteiger partial charge in [-0.2, -0.15) is 0 Å². The molecule has 6 heteroatoms. The Bertz CT molecular complexity index is 762. The average Bonchev–Trinajstić information content (AvgIpc) is 2.64. The number of methoxy groups -OCH3 is 1. The highest BCUT2D eigenvalue weighted by atomic mass is 19.1. The first kappa shape index (κ1) is 20.6. The zero-order valence-electron chi connectivity index (χ0n) is 15.6. The second kappa shape index (κ2) is 10.4. The molecule has 1 atom stereocenters. The highest BCUT2D eigenvalue weighted by Gasteiger charge is 2.18. The number of amides is 2. The van der Waals surface area contributed by atoms with Crippen molar-refractivity contribution in [3.05, 3.63) is 71.0 Å². The van der Waals surface area contributed by atoms with E-state index < -0.39 is 6.04 Å². The van der Waals surface area contributed by atoms with Gasteiger partial charge in [0.2, 0.25) is 11.8 Å². The molecule has 0 aliphatic rings. The molecule has 0 saturated heterocycles. The Morgan fingerprint density at radius 1 is 1.04 bits per heavy atom. The summed E-state index contributed by atoms with van der Waals surface area (Å²) in [4.78, 5) is 23.3. The van der Waals surface area contributed by atoms with Gasteiger partial charge < -0.3 is 15.4 Å². The van der Waals surface area contributed by atoms with Gasteiger partial charge in [0.15, 0.2) is 0 Å². The van der Waals surface area contributed by atoms with Crippen LogP contribution in [-0.4, -0.2) is 31.6 Å². The number of halogens is 1. The molecule has 0 heterocycles. The van der Waals surface area contributed by atoms with Crippen molar-refractivity contribution in [3.8, 4) is 0 Å². The van der Waals surface area contributed by atoms with E-state index in [1.165, 1.54) is 20.1 Å². The normalized spacial score (nSPS) is 11.7. The van der Waals surface area contributed by atoms with Crippen LogP contribution in [0.2, 0.25) is 0 Å². The third kappa shape index (κ3) is 7.19. The number of nitrogens with one attached hydrogen (secondary N) is 2. The molecule has 0 fully saturated rings. The van der Waals surface area contributed by atoms with Gasteiger partial charge in [0, 0.05) is 20.6 Å². The highest BCUT2D eigenvalue weighted by Crippen LogP contribution is 2.10. The molecule has 2 rings (SSSR count). The van der Waals surface area contributed by atoms with Crippen molar-refractivity contribution in [1.29, 1.82) is 0 Å². The lowest BCUT2D eigenvalue weighted by Gasteiger charge is -2.16. The Hall–Kier alpha value is -2.73. The zero-order chi connectivity index (χ0) is 19.6. The summed E-state index contributed by atoms with van der Waals surface area (Å²) in [5, 5.41) is 5.36. The molecule has 0 saturated carbocycles. The smallest absolute Gasteiger partial charge is 0.245 e. The largest absolute Gasteiger partial charge is 0.382 e. The molecule has 2 aromatic carbocycles. The fourth-order valence-electron chi connectivity index (χ4n) is 2.71. The van der Waals surface area contributed by atoms with E-state index in [2.05, 4.69) is 10.6 Å². The van der Waals surface area contributed by atoms with Crippen molar-refractivity contribution in [2.75, 3.05) is 13.7 Å². The molecule has 2 N–H and O–H groups in total. The first-order valence-corrected chi connectivity index (χ1v) is 8.84. The molecule has 0 spiro atoms. The monoisotopic (exact) mass is 372 g/mol. The van der Waals surface area contributed by atoms with Crippen LogP contribution in [0.4, 0.5) is 4.39 Å². The molecular formula is C21H25FN2O3. The molecule has 0 unspecified atom stereocenters. The standard InChI is InChI=1S/C21H25FN2O3/c1-15(25)24-20(14-27-2)21(26)23-13-18-10-7-16(8-11-18)6-9-17-4-3-5-19(22)12-17/h3-5,7-8,10-12,20H,6,9,13-14H2,1-2H3,(H,23,26)(H,24,25)/t20-/m1/s1. The van der Waals surface area contributed by atoms with Gasteiger partial charge in [-0.25, -0.2) is 4.39 Å². The minimum atomic E-state index is -0.710. The van der Waals surface area contributed by atoms with Gasteiger partial charge in [-0.1, -0.05) is 36.4 Å². The number of rotatable bonds is 9. The lowest BCUT2D eigenvalue weighted by Crippen LogP contribution is -2.48. The van der Waals surface area contributed by atoms with Crippen molar-refractivity contribution in [2.24, 2.45) is 0 Å². The maximum Gasteiger partial charge on any atom is 0.245 e. The van der Waals surface area contributed by atoms with Crippen LogP contribution in [0.1, 0.15) is 23.6 Å². The molecule has 144 valence electrons. The van der Waals surface area contributed by atoms with Gasteiger partial charge >= 0.3 is 0 Å². The summed E-state index contributed by atoms with van der Waals surface area (Å²) in [6.07, 6.45) is 1.58. The van der Waals surface area contributed by atoms with E-state index >= 15 is 0 Å². The van der Waals surface area contributed by atoms with Crippen LogP contribution in [0.25, 0.3) is 0 Å². The summed E-state index contributed by atoms with van der Waals surface area (Å²) in [6.45, 7) is 1.84. The van der Waals surface area contributed by atoms with Crippen LogP contribution >= 0.6 is 0 Å². The third-order valence-electron chi connectivity index (χ3n) is 4.11. The number of hydrogen-bond acceptors (Lipinski definition) is 3. The predicted octanol–water partition coefficient (Wildman–Crippen LogP) is 2.38. The number of carbonyl (C=O) groups is 2. The minimum Gasteiger partial charge on any atom is -0.382 e. The second-order valence-corrected chi connectivity index (χ2v) is 6.37. The summed E-state index contributed by atoms with van der Waals surface area (Å²) in [5.74, 6) is -0.790. The molecule has 0 radical (unpaired) electrons. The Balaban J connectivity index is 1.84. The maximum atomic E-state index is 13.2. The van der Waals surface area contributed by atoms with Crippen LogP contribution in [0, 0.1) is 5.82 Å². The van der Waals surface area contributed by atoms with E-state index in [1.54, 1.807) is 12.1 Å². The zero-order valence-corrected chi connectivity index (χ0v) is 15.6. The lowest BCUT2D eigenvalue weighted by molar-refractivity contribution is -0.129. The van der Waals surface area contributed by atoms with E-state index in [1.807, 2.05) is 30.3 Å². The molecule has 5 nitrogen and oxygen atoms in total. The number of hydrogen-bond donors (Lipinski definition) is 2. The van der Waals surface area contributed by atoms with E-state index in [0.717, 1.165) is 29.5 Å². The Labute approximate surface area is 158 Å². The van der Waals surface area contributed by atoms with Crippen LogP contribution in [0.15, 0.2) is 48.5 Å². The van der Waals surface area contributed by atoms with Crippen LogP contribution in [0.5, 0.6) is 0 Å². The predicted molar refractivity (Wildman–Crippen MR) is 102 cm³/mol. The first-order chi connectivity index (χ1) is 13.0. The van der Waals surface area contributed by atoms with Crippen LogP contribution in [-0.2, 0) is 33.7 Å². The van der Waals surface area contributed by atoms with Crippen molar-refractivity contribution in [1.82, 2.24) is 10.6 Å². The summed E-state index contributed by atoms with van der Waals surface area (Å²) in [7, 11) is 1.48. The van der Waals surface area contributed by atoms with E-state index in [4.69, 9.17) is 4.74 Å². The lowest BCUT2D eigenvalue weighted by atomic mass is 10.0. The van der Waals surface area contributed by atoms with Gasteiger partial charge in [0.05, 0.1) is 6.61 Å².